The number of benzene rings is 1. The monoisotopic (exact) mass is 666 g/mol. The summed E-state index contributed by atoms with van der Waals surface area (Å²) in [6.07, 6.45) is 1.57. The molecule has 1 aromatic heterocycles. The number of carbonyl (C=O) groups excluding carboxylic acids is 5. The molecule has 15 nitrogen and oxygen atoms in total. The average Bonchev–Trinajstić information content (AvgIpc) is 3.74. The molecule has 0 spiro atoms. The molecule has 2 aliphatic heterocycles. The third kappa shape index (κ3) is 8.69. The van der Waals surface area contributed by atoms with Crippen LogP contribution in [0.1, 0.15) is 55.1 Å². The van der Waals surface area contributed by atoms with Crippen molar-refractivity contribution in [2.75, 3.05) is 52.5 Å². The van der Waals surface area contributed by atoms with Gasteiger partial charge in [-0.05, 0) is 57.2 Å². The van der Waals surface area contributed by atoms with Gasteiger partial charge in [-0.2, -0.15) is 0 Å². The van der Waals surface area contributed by atoms with E-state index in [0.717, 1.165) is 18.4 Å². The predicted molar refractivity (Wildman–Crippen MR) is 171 cm³/mol. The van der Waals surface area contributed by atoms with Gasteiger partial charge in [0.25, 0.3) is 11.8 Å². The molecule has 5 rings (SSSR count). The van der Waals surface area contributed by atoms with Crippen LogP contribution in [0.15, 0.2) is 24.3 Å². The van der Waals surface area contributed by atoms with E-state index in [1.807, 2.05) is 13.0 Å². The second-order valence-corrected chi connectivity index (χ2v) is 12.4. The van der Waals surface area contributed by atoms with Crippen molar-refractivity contribution in [2.24, 2.45) is 5.92 Å². The van der Waals surface area contributed by atoms with Crippen LogP contribution in [-0.2, 0) is 23.9 Å². The Balaban J connectivity index is 1.27. The van der Waals surface area contributed by atoms with Crippen LogP contribution in [0.5, 0.6) is 5.75 Å². The first-order valence-electron chi connectivity index (χ1n) is 16.4. The van der Waals surface area contributed by atoms with Gasteiger partial charge in [0, 0.05) is 63.2 Å². The fraction of sp³-hybridized carbons (Fsp3) is 0.545. The van der Waals surface area contributed by atoms with Gasteiger partial charge in [0.2, 0.25) is 11.8 Å². The van der Waals surface area contributed by atoms with Gasteiger partial charge >= 0.3 is 12.1 Å². The minimum Gasteiger partial charge on any atom is -0.483 e. The van der Waals surface area contributed by atoms with E-state index in [4.69, 9.17) is 9.47 Å². The minimum atomic E-state index is -1.16. The van der Waals surface area contributed by atoms with E-state index >= 15 is 0 Å². The number of likely N-dealkylation sites (tertiary alicyclic amines) is 1. The first kappa shape index (κ1) is 34.4. The van der Waals surface area contributed by atoms with E-state index < -0.39 is 29.9 Å². The number of aliphatic carboxylic acids is 1. The van der Waals surface area contributed by atoms with E-state index in [9.17, 15) is 33.9 Å². The van der Waals surface area contributed by atoms with Crippen molar-refractivity contribution in [2.45, 2.75) is 58.0 Å². The maximum absolute atomic E-state index is 13.6. The summed E-state index contributed by atoms with van der Waals surface area (Å²) in [7, 11) is 0. The van der Waals surface area contributed by atoms with Gasteiger partial charge in [-0.3, -0.25) is 24.0 Å². The van der Waals surface area contributed by atoms with E-state index in [1.54, 1.807) is 24.0 Å². The van der Waals surface area contributed by atoms with Gasteiger partial charge in [-0.1, -0.05) is 6.07 Å². The Morgan fingerprint density at radius 2 is 1.71 bits per heavy atom. The lowest BCUT2D eigenvalue weighted by Gasteiger charge is -2.35. The number of carboxylic acids is 1. The average molecular weight is 667 g/mol. The summed E-state index contributed by atoms with van der Waals surface area (Å²) >= 11 is 0. The summed E-state index contributed by atoms with van der Waals surface area (Å²) in [5, 5.41) is 15.5. The Morgan fingerprint density at radius 1 is 0.979 bits per heavy atom. The number of hydrogen-bond acceptors (Lipinski definition) is 9. The number of nitrogens with one attached hydrogen (secondary N) is 2. The third-order valence-corrected chi connectivity index (χ3v) is 8.71. The number of fused-ring (bicyclic) bond motifs is 1. The summed E-state index contributed by atoms with van der Waals surface area (Å²) in [4.78, 5) is 85.2. The Morgan fingerprint density at radius 3 is 2.40 bits per heavy atom. The molecule has 2 saturated heterocycles. The number of carboxylic acid groups (broad SMARTS) is 1. The van der Waals surface area contributed by atoms with E-state index in [0.29, 0.717) is 30.4 Å². The second kappa shape index (κ2) is 15.3. The number of piperazine rings is 1. The second-order valence-electron chi connectivity index (χ2n) is 12.4. The number of rotatable bonds is 12. The van der Waals surface area contributed by atoms with Gasteiger partial charge in [-0.25, -0.2) is 9.78 Å². The van der Waals surface area contributed by atoms with Gasteiger partial charge in [0.05, 0.1) is 18.0 Å². The highest BCUT2D eigenvalue weighted by atomic mass is 16.6. The van der Waals surface area contributed by atoms with Gasteiger partial charge in [0.1, 0.15) is 17.5 Å². The fourth-order valence-corrected chi connectivity index (χ4v) is 5.82. The highest BCUT2D eigenvalue weighted by molar-refractivity contribution is 5.99. The maximum atomic E-state index is 13.6. The summed E-state index contributed by atoms with van der Waals surface area (Å²) in [5.41, 5.74) is 1.24. The highest BCUT2D eigenvalue weighted by Crippen LogP contribution is 2.28. The van der Waals surface area contributed by atoms with Crippen molar-refractivity contribution in [3.8, 4) is 5.75 Å². The molecule has 5 amide bonds. The van der Waals surface area contributed by atoms with Crippen LogP contribution in [0.3, 0.4) is 0 Å². The van der Waals surface area contributed by atoms with Gasteiger partial charge in [0.15, 0.2) is 6.61 Å². The Hall–Kier alpha value is -4.95. The summed E-state index contributed by atoms with van der Waals surface area (Å²) in [5.74, 6) is -2.64. The molecule has 3 aliphatic rings. The van der Waals surface area contributed by atoms with Crippen LogP contribution in [0.2, 0.25) is 0 Å². The molecule has 3 N–H and O–H groups in total. The molecular formula is C33H42N6O9. The van der Waals surface area contributed by atoms with Crippen LogP contribution in [-0.4, -0.2) is 125 Å². The largest absolute Gasteiger partial charge is 0.483 e. The molecule has 2 unspecified atom stereocenters. The lowest BCUT2D eigenvalue weighted by Crippen LogP contribution is -2.56. The van der Waals surface area contributed by atoms with Crippen molar-refractivity contribution in [3.05, 3.63) is 35.5 Å². The molecule has 3 heterocycles. The number of pyridine rings is 1. The molecule has 0 radical (unpaired) electrons. The van der Waals surface area contributed by atoms with Gasteiger partial charge < -0.3 is 39.9 Å². The number of ether oxygens (including phenoxy) is 2. The third-order valence-electron chi connectivity index (χ3n) is 8.71. The molecule has 2 aromatic rings. The molecule has 2 atom stereocenters. The lowest BCUT2D eigenvalue weighted by molar-refractivity contribution is -0.138. The molecule has 1 aromatic carbocycles. The summed E-state index contributed by atoms with van der Waals surface area (Å²) < 4.78 is 11.0. The fourth-order valence-electron chi connectivity index (χ4n) is 5.82. The Labute approximate surface area is 277 Å². The van der Waals surface area contributed by atoms with Crippen molar-refractivity contribution >= 4 is 46.6 Å². The molecular weight excluding hydrogens is 624 g/mol. The number of carbonyl (C=O) groups is 6. The zero-order valence-corrected chi connectivity index (χ0v) is 27.2. The summed E-state index contributed by atoms with van der Waals surface area (Å²) in [6, 6.07) is 5.88. The zero-order valence-electron chi connectivity index (χ0n) is 27.2. The van der Waals surface area contributed by atoms with Crippen LogP contribution in [0, 0.1) is 12.8 Å². The smallest absolute Gasteiger partial charge is 0.409 e. The molecule has 0 bridgehead atoms. The number of aromatic nitrogens is 1. The normalized spacial score (nSPS) is 18.3. The Kier molecular flexibility index (Phi) is 11.0. The van der Waals surface area contributed by atoms with Crippen molar-refractivity contribution < 1.29 is 43.3 Å². The standard InChI is InChI=1S/C33H42N6O9/c1-3-47-33(46)38-14-12-37(13-15-38)32(45)24(8-9-29(41)42)36-31(44)26-17-27(23-7-4-20(2)16-25(23)35-26)48-19-28(40)39-11-10-21(18-39)30(43)34-22-5-6-22/h4,7,16-17,21-22,24H,3,5-6,8-15,18-19H2,1-2H3,(H,34,43)(H,36,44)(H,41,42). The zero-order chi connectivity index (χ0) is 34.4. The molecule has 3 fully saturated rings. The molecule has 48 heavy (non-hydrogen) atoms. The number of aryl methyl sites for hydroxylation is 1. The topological polar surface area (TPSA) is 188 Å². The Bertz CT molecular complexity index is 1570. The van der Waals surface area contributed by atoms with Crippen LogP contribution in [0.4, 0.5) is 4.79 Å². The van der Waals surface area contributed by atoms with Crippen molar-refractivity contribution in [3.63, 3.8) is 0 Å². The lowest BCUT2D eigenvalue weighted by atomic mass is 10.1. The molecule has 258 valence electrons. The van der Waals surface area contributed by atoms with E-state index in [2.05, 4.69) is 15.6 Å². The molecule has 1 saturated carbocycles. The van der Waals surface area contributed by atoms with E-state index in [-0.39, 0.29) is 87.5 Å². The first-order valence-corrected chi connectivity index (χ1v) is 16.4. The highest BCUT2D eigenvalue weighted by Gasteiger charge is 2.34. The van der Waals surface area contributed by atoms with Crippen molar-refractivity contribution in [1.82, 2.24) is 30.3 Å². The number of amides is 5. The summed E-state index contributed by atoms with van der Waals surface area (Å²) in [6.45, 7) is 5.10. The number of nitrogens with zero attached hydrogens (tertiary/aromatic N) is 4. The maximum Gasteiger partial charge on any atom is 0.409 e. The van der Waals surface area contributed by atoms with Gasteiger partial charge in [-0.15, -0.1) is 0 Å². The quantitative estimate of drug-likeness (QED) is 0.298. The first-order chi connectivity index (χ1) is 23.0. The van der Waals surface area contributed by atoms with Crippen LogP contribution >= 0.6 is 0 Å². The van der Waals surface area contributed by atoms with Crippen LogP contribution < -0.4 is 15.4 Å². The number of hydrogen-bond donors (Lipinski definition) is 3. The predicted octanol–water partition coefficient (Wildman–Crippen LogP) is 1.31. The van der Waals surface area contributed by atoms with Crippen molar-refractivity contribution in [1.29, 1.82) is 0 Å². The van der Waals surface area contributed by atoms with E-state index in [1.165, 1.54) is 15.9 Å². The molecule has 1 aliphatic carbocycles. The van der Waals surface area contributed by atoms with Crippen LogP contribution in [0.25, 0.3) is 10.9 Å². The minimum absolute atomic E-state index is 0.0288. The molecule has 15 heteroatoms. The SMILES string of the molecule is CCOC(=O)N1CCN(C(=O)C(CCC(=O)O)NC(=O)c2cc(OCC(=O)N3CCC(C(=O)NC4CC4)C3)c3ccc(C)cc3n2)CC1.